The van der Waals surface area contributed by atoms with Crippen molar-refractivity contribution in [2.75, 3.05) is 5.32 Å². The Balaban J connectivity index is 1.79. The van der Waals surface area contributed by atoms with Gasteiger partial charge in [0.05, 0.1) is 11.1 Å². The van der Waals surface area contributed by atoms with Crippen LogP contribution in [0.15, 0.2) is 54.6 Å². The molecule has 3 N–H and O–H groups in total. The molecular formula is C20H15F3N2O3. The van der Waals surface area contributed by atoms with E-state index >= 15 is 0 Å². The Bertz CT molecular complexity index is 1080. The number of hydrogen-bond acceptors (Lipinski definition) is 3. The summed E-state index contributed by atoms with van der Waals surface area (Å²) in [7, 11) is 0. The number of benzene rings is 3. The van der Waals surface area contributed by atoms with Gasteiger partial charge in [0.25, 0.3) is 5.91 Å². The van der Waals surface area contributed by atoms with E-state index in [-0.39, 0.29) is 17.0 Å². The topological polar surface area (TPSA) is 78.4 Å². The van der Waals surface area contributed by atoms with Gasteiger partial charge in [-0.05, 0) is 47.5 Å². The normalized spacial score (nSPS) is 11.3. The van der Waals surface area contributed by atoms with Crippen molar-refractivity contribution in [2.24, 2.45) is 0 Å². The van der Waals surface area contributed by atoms with Gasteiger partial charge in [-0.2, -0.15) is 13.2 Å². The molecule has 0 saturated heterocycles. The smallest absolute Gasteiger partial charge is 0.416 e. The van der Waals surface area contributed by atoms with Crippen LogP contribution in [-0.2, 0) is 6.18 Å². The second kappa shape index (κ2) is 7.22. The molecule has 0 aromatic heterocycles. The lowest BCUT2D eigenvalue weighted by Crippen LogP contribution is -2.34. The third-order valence-corrected chi connectivity index (χ3v) is 4.19. The van der Waals surface area contributed by atoms with Gasteiger partial charge in [-0.1, -0.05) is 30.3 Å². The summed E-state index contributed by atoms with van der Waals surface area (Å²) >= 11 is 0. The molecule has 0 saturated carbocycles. The number of fused-ring (bicyclic) bond motifs is 1. The van der Waals surface area contributed by atoms with Gasteiger partial charge in [-0.15, -0.1) is 0 Å². The number of phenols is 1. The SMILES string of the molecule is Cc1c(O)c(C(=O)NC(=O)Nc2cccc(C(F)(F)F)c2)cc2ccccc12. The van der Waals surface area contributed by atoms with Gasteiger partial charge < -0.3 is 10.4 Å². The lowest BCUT2D eigenvalue weighted by molar-refractivity contribution is -0.137. The van der Waals surface area contributed by atoms with Gasteiger partial charge in [-0.25, -0.2) is 4.79 Å². The van der Waals surface area contributed by atoms with E-state index in [1.807, 2.05) is 5.32 Å². The molecule has 0 heterocycles. The molecule has 0 radical (unpaired) electrons. The predicted molar refractivity (Wildman–Crippen MR) is 98.3 cm³/mol. The van der Waals surface area contributed by atoms with Crippen LogP contribution in [0.1, 0.15) is 21.5 Å². The summed E-state index contributed by atoms with van der Waals surface area (Å²) in [6, 6.07) is 11.5. The van der Waals surface area contributed by atoms with Crippen molar-refractivity contribution in [2.45, 2.75) is 13.1 Å². The Morgan fingerprint density at radius 1 is 1.00 bits per heavy atom. The Hall–Kier alpha value is -3.55. The van der Waals surface area contributed by atoms with Crippen LogP contribution < -0.4 is 10.6 Å². The Kier molecular flexibility index (Phi) is 4.96. The predicted octanol–water partition coefficient (Wildman–Crippen LogP) is 4.83. The molecule has 0 spiro atoms. The number of aromatic hydroxyl groups is 1. The van der Waals surface area contributed by atoms with Crippen LogP contribution in [0.4, 0.5) is 23.7 Å². The van der Waals surface area contributed by atoms with Gasteiger partial charge in [0.15, 0.2) is 0 Å². The zero-order valence-corrected chi connectivity index (χ0v) is 14.6. The summed E-state index contributed by atoms with van der Waals surface area (Å²) in [5, 5.41) is 15.9. The van der Waals surface area contributed by atoms with Gasteiger partial charge in [0, 0.05) is 5.69 Å². The van der Waals surface area contributed by atoms with Crippen LogP contribution in [0.25, 0.3) is 10.8 Å². The van der Waals surface area contributed by atoms with Crippen LogP contribution in [-0.4, -0.2) is 17.0 Å². The standard InChI is InChI=1S/C20H15F3N2O3/c1-11-15-8-3-2-5-12(15)9-16(17(11)26)18(27)25-19(28)24-14-7-4-6-13(10-14)20(21,22)23/h2-10,26H,1H3,(H2,24,25,27,28). The zero-order valence-electron chi connectivity index (χ0n) is 14.6. The van der Waals surface area contributed by atoms with Crippen molar-refractivity contribution < 1.29 is 27.9 Å². The molecule has 0 aliphatic heterocycles. The third-order valence-electron chi connectivity index (χ3n) is 4.19. The Morgan fingerprint density at radius 2 is 1.71 bits per heavy atom. The van der Waals surface area contributed by atoms with Gasteiger partial charge in [0.2, 0.25) is 0 Å². The highest BCUT2D eigenvalue weighted by Crippen LogP contribution is 2.31. The summed E-state index contributed by atoms with van der Waals surface area (Å²) in [6.45, 7) is 1.64. The molecule has 3 rings (SSSR count). The fraction of sp³-hybridized carbons (Fsp3) is 0.100. The fourth-order valence-electron chi connectivity index (χ4n) is 2.80. The molecule has 0 unspecified atom stereocenters. The van der Waals surface area contributed by atoms with Crippen LogP contribution in [0, 0.1) is 6.92 Å². The molecule has 144 valence electrons. The number of rotatable bonds is 2. The second-order valence-electron chi connectivity index (χ2n) is 6.11. The number of hydrogen-bond donors (Lipinski definition) is 3. The van der Waals surface area contributed by atoms with Gasteiger partial charge >= 0.3 is 12.2 Å². The highest BCUT2D eigenvalue weighted by molar-refractivity contribution is 6.11. The van der Waals surface area contributed by atoms with Crippen molar-refractivity contribution in [3.63, 3.8) is 0 Å². The maximum Gasteiger partial charge on any atom is 0.416 e. The minimum absolute atomic E-state index is 0.115. The molecule has 5 nitrogen and oxygen atoms in total. The summed E-state index contributed by atoms with van der Waals surface area (Å²) in [5.41, 5.74) is -0.699. The fourth-order valence-corrected chi connectivity index (χ4v) is 2.80. The van der Waals surface area contributed by atoms with E-state index in [2.05, 4.69) is 5.32 Å². The molecule has 0 fully saturated rings. The molecule has 0 aliphatic carbocycles. The summed E-state index contributed by atoms with van der Waals surface area (Å²) in [5.74, 6) is -1.15. The lowest BCUT2D eigenvalue weighted by atomic mass is 10.00. The molecule has 3 aromatic rings. The summed E-state index contributed by atoms with van der Waals surface area (Å²) in [4.78, 5) is 24.4. The van der Waals surface area contributed by atoms with E-state index in [9.17, 15) is 27.9 Å². The van der Waals surface area contributed by atoms with Gasteiger partial charge in [-0.3, -0.25) is 10.1 Å². The number of phenolic OH excluding ortho intramolecular Hbond substituents is 1. The number of carbonyl (C=O) groups is 2. The van der Waals surface area contributed by atoms with Crippen molar-refractivity contribution in [1.82, 2.24) is 5.32 Å². The highest BCUT2D eigenvalue weighted by atomic mass is 19.4. The van der Waals surface area contributed by atoms with E-state index < -0.39 is 23.7 Å². The average Bonchev–Trinajstić information content (AvgIpc) is 2.64. The minimum atomic E-state index is -4.56. The van der Waals surface area contributed by atoms with E-state index in [1.54, 1.807) is 31.2 Å². The van der Waals surface area contributed by atoms with Crippen molar-refractivity contribution in [3.8, 4) is 5.75 Å². The van der Waals surface area contributed by atoms with E-state index in [4.69, 9.17) is 0 Å². The lowest BCUT2D eigenvalue weighted by Gasteiger charge is -2.12. The number of halogens is 3. The van der Waals surface area contributed by atoms with Crippen molar-refractivity contribution in [1.29, 1.82) is 0 Å². The monoisotopic (exact) mass is 388 g/mol. The molecule has 8 heteroatoms. The molecule has 0 bridgehead atoms. The molecule has 3 amide bonds. The number of anilines is 1. The first-order chi connectivity index (χ1) is 13.2. The van der Waals surface area contributed by atoms with E-state index in [1.165, 1.54) is 12.1 Å². The minimum Gasteiger partial charge on any atom is -0.507 e. The maximum absolute atomic E-state index is 12.7. The second-order valence-corrected chi connectivity index (χ2v) is 6.11. The summed E-state index contributed by atoms with van der Waals surface area (Å²) < 4.78 is 38.2. The van der Waals surface area contributed by atoms with Crippen LogP contribution in [0.2, 0.25) is 0 Å². The number of amides is 3. The highest BCUT2D eigenvalue weighted by Gasteiger charge is 2.30. The Labute approximate surface area is 157 Å². The van der Waals surface area contributed by atoms with Crippen LogP contribution >= 0.6 is 0 Å². The first kappa shape index (κ1) is 19.2. The quantitative estimate of drug-likeness (QED) is 0.588. The summed E-state index contributed by atoms with van der Waals surface area (Å²) in [6.07, 6.45) is -4.56. The first-order valence-corrected chi connectivity index (χ1v) is 8.17. The first-order valence-electron chi connectivity index (χ1n) is 8.17. The van der Waals surface area contributed by atoms with Crippen molar-refractivity contribution in [3.05, 3.63) is 71.3 Å². The molecular weight excluding hydrogens is 373 g/mol. The number of urea groups is 1. The maximum atomic E-state index is 12.7. The molecule has 3 aromatic carbocycles. The average molecular weight is 388 g/mol. The van der Waals surface area contributed by atoms with Crippen molar-refractivity contribution >= 4 is 28.4 Å². The number of imide groups is 1. The number of aryl methyl sites for hydroxylation is 1. The van der Waals surface area contributed by atoms with Crippen LogP contribution in [0.5, 0.6) is 5.75 Å². The van der Waals surface area contributed by atoms with Gasteiger partial charge in [0.1, 0.15) is 5.75 Å². The van der Waals surface area contributed by atoms with E-state index in [0.29, 0.717) is 10.9 Å². The number of nitrogens with one attached hydrogen (secondary N) is 2. The Morgan fingerprint density at radius 3 is 2.43 bits per heavy atom. The van der Waals surface area contributed by atoms with E-state index in [0.717, 1.165) is 23.6 Å². The van der Waals surface area contributed by atoms with Crippen LogP contribution in [0.3, 0.4) is 0 Å². The molecule has 28 heavy (non-hydrogen) atoms. The molecule has 0 aliphatic rings. The third kappa shape index (κ3) is 3.90. The molecule has 0 atom stereocenters. The largest absolute Gasteiger partial charge is 0.507 e. The zero-order chi connectivity index (χ0) is 20.5. The number of carbonyl (C=O) groups excluding carboxylic acids is 2. The number of alkyl halides is 3.